The molecule has 10 aromatic rings. The largest absolute Gasteiger partial charge is 0.311 e. The van der Waals surface area contributed by atoms with Gasteiger partial charge in [-0.05, 0) is 126 Å². The molecule has 0 bridgehead atoms. The lowest BCUT2D eigenvalue weighted by atomic mass is 9.95. The van der Waals surface area contributed by atoms with Crippen LogP contribution in [0.5, 0.6) is 0 Å². The third kappa shape index (κ3) is 7.46. The number of benzene rings is 10. The number of anilines is 3. The van der Waals surface area contributed by atoms with Gasteiger partial charge in [-0.1, -0.05) is 200 Å². The summed E-state index contributed by atoms with van der Waals surface area (Å²) >= 11 is 0. The fourth-order valence-corrected chi connectivity index (χ4v) is 7.35. The summed E-state index contributed by atoms with van der Waals surface area (Å²) in [6.07, 6.45) is 0. The van der Waals surface area contributed by atoms with Crippen molar-refractivity contribution in [3.8, 4) is 66.8 Å². The Bertz CT molecular complexity index is 3690. The smallest absolute Gasteiger partial charge is 0.0645 e. The summed E-state index contributed by atoms with van der Waals surface area (Å²) in [6.45, 7) is 0. The van der Waals surface area contributed by atoms with Crippen molar-refractivity contribution < 1.29 is 17.8 Å². The van der Waals surface area contributed by atoms with Crippen LogP contribution in [0.3, 0.4) is 0 Å². The summed E-state index contributed by atoms with van der Waals surface area (Å²) in [5.74, 6) is 0. The summed E-state index contributed by atoms with van der Waals surface area (Å²) in [6, 6.07) is 47.0. The van der Waals surface area contributed by atoms with E-state index in [0.717, 1.165) is 55.3 Å². The fourth-order valence-electron chi connectivity index (χ4n) is 7.35. The second-order valence-corrected chi connectivity index (χ2v) is 14.0. The Morgan fingerprint density at radius 2 is 0.695 bits per heavy atom. The molecule has 0 aliphatic rings. The molecule has 0 aromatic heterocycles. The van der Waals surface area contributed by atoms with Gasteiger partial charge in [0.1, 0.15) is 0 Å². The molecule has 0 heterocycles. The highest BCUT2D eigenvalue weighted by atomic mass is 15.1. The first-order valence-electron chi connectivity index (χ1n) is 25.7. The third-order valence-corrected chi connectivity index (χ3v) is 10.3. The monoisotopic (exact) mass is 764 g/mol. The molecule has 10 aromatic carbocycles. The van der Waals surface area contributed by atoms with E-state index >= 15 is 0 Å². The number of fused-ring (bicyclic) bond motifs is 1. The maximum atomic E-state index is 9.56. The van der Waals surface area contributed by atoms with Crippen LogP contribution in [0.1, 0.15) is 17.8 Å². The average molecular weight is 765 g/mol. The van der Waals surface area contributed by atoms with Crippen molar-refractivity contribution in [2.75, 3.05) is 4.90 Å². The first-order valence-corrected chi connectivity index (χ1v) is 19.2. The second kappa shape index (κ2) is 16.0. The van der Waals surface area contributed by atoms with Crippen molar-refractivity contribution in [1.82, 2.24) is 0 Å². The number of rotatable bonds is 9. The maximum Gasteiger partial charge on any atom is 0.0645 e. The molecular formula is C58H41N. The summed E-state index contributed by atoms with van der Waals surface area (Å²) in [5, 5.41) is 2.26. The third-order valence-electron chi connectivity index (χ3n) is 10.3. The van der Waals surface area contributed by atoms with E-state index in [-0.39, 0.29) is 5.69 Å². The molecule has 278 valence electrons. The molecule has 1 heteroatoms. The number of nitrogens with zero attached hydrogens (tertiary/aromatic N) is 1. The molecule has 59 heavy (non-hydrogen) atoms. The Balaban J connectivity index is 1.10. The molecule has 0 aliphatic heterocycles. The molecule has 0 saturated heterocycles. The zero-order valence-corrected chi connectivity index (χ0v) is 31.6. The van der Waals surface area contributed by atoms with Crippen LogP contribution in [-0.2, 0) is 0 Å². The van der Waals surface area contributed by atoms with Crippen LogP contribution in [0.15, 0.2) is 248 Å². The van der Waals surface area contributed by atoms with Gasteiger partial charge >= 0.3 is 0 Å². The molecule has 0 fully saturated rings. The van der Waals surface area contributed by atoms with Crippen molar-refractivity contribution in [3.05, 3.63) is 248 Å². The number of hydrogen-bond acceptors (Lipinski definition) is 1. The highest BCUT2D eigenvalue weighted by Gasteiger charge is 2.15. The summed E-state index contributed by atoms with van der Waals surface area (Å²) in [7, 11) is 0. The van der Waals surface area contributed by atoms with E-state index in [1.165, 1.54) is 0 Å². The van der Waals surface area contributed by atoms with Gasteiger partial charge in [-0.2, -0.15) is 0 Å². The predicted octanol–water partition coefficient (Wildman–Crippen LogP) is 16.3. The second-order valence-electron chi connectivity index (χ2n) is 14.0. The Labute approximate surface area is 365 Å². The molecule has 10 rings (SSSR count). The van der Waals surface area contributed by atoms with Gasteiger partial charge in [-0.15, -0.1) is 0 Å². The SMILES string of the molecule is [2H]c1c([2H])c([2H])c(-c2c([2H])c([2H])c(-c3c([2H])c([2H])c(N(c4ccc(-c5cccc(-c6ccccc6)c5)cc4)c4ccc(-c5cccc(-c6cccc7ccccc67)c5)cc4)c([2H])c3[2H])c([2H])c2[2H])c([2H])c1[2H]. The van der Waals surface area contributed by atoms with Crippen LogP contribution in [0.2, 0.25) is 0 Å². The molecule has 0 spiro atoms. The van der Waals surface area contributed by atoms with E-state index in [1.807, 2.05) is 127 Å². The number of hydrogen-bond donors (Lipinski definition) is 0. The summed E-state index contributed by atoms with van der Waals surface area (Å²) in [5.41, 5.74) is 6.68. The van der Waals surface area contributed by atoms with E-state index in [0.29, 0.717) is 11.4 Å². The van der Waals surface area contributed by atoms with Gasteiger partial charge < -0.3 is 4.90 Å². The van der Waals surface area contributed by atoms with Crippen molar-refractivity contribution in [1.29, 1.82) is 0 Å². The topological polar surface area (TPSA) is 3.24 Å². The van der Waals surface area contributed by atoms with Gasteiger partial charge in [-0.3, -0.25) is 0 Å². The highest BCUT2D eigenvalue weighted by Crippen LogP contribution is 2.39. The normalized spacial score (nSPS) is 14.1. The van der Waals surface area contributed by atoms with Gasteiger partial charge in [0.15, 0.2) is 0 Å². The zero-order valence-electron chi connectivity index (χ0n) is 44.6. The van der Waals surface area contributed by atoms with Gasteiger partial charge in [0, 0.05) is 17.1 Å². The molecule has 0 amide bonds. The van der Waals surface area contributed by atoms with Crippen molar-refractivity contribution in [3.63, 3.8) is 0 Å². The van der Waals surface area contributed by atoms with Gasteiger partial charge in [0.25, 0.3) is 0 Å². The molecule has 1 nitrogen and oxygen atoms in total. The lowest BCUT2D eigenvalue weighted by molar-refractivity contribution is 1.28. The minimum Gasteiger partial charge on any atom is -0.311 e. The minimum atomic E-state index is -0.774. The van der Waals surface area contributed by atoms with Crippen molar-refractivity contribution >= 4 is 27.8 Å². The van der Waals surface area contributed by atoms with Crippen LogP contribution in [0.4, 0.5) is 17.1 Å². The van der Waals surface area contributed by atoms with E-state index in [2.05, 4.69) is 42.5 Å². The van der Waals surface area contributed by atoms with Crippen LogP contribution in [0, 0.1) is 0 Å². The predicted molar refractivity (Wildman–Crippen MR) is 251 cm³/mol. The Kier molecular flexibility index (Phi) is 6.55. The molecule has 0 saturated carbocycles. The lowest BCUT2D eigenvalue weighted by Gasteiger charge is -2.26. The summed E-state index contributed by atoms with van der Waals surface area (Å²) in [4.78, 5) is 1.63. The Morgan fingerprint density at radius 1 is 0.271 bits per heavy atom. The molecule has 0 aliphatic carbocycles. The van der Waals surface area contributed by atoms with Gasteiger partial charge in [-0.25, -0.2) is 0 Å². The fraction of sp³-hybridized carbons (Fsp3) is 0. The summed E-state index contributed by atoms with van der Waals surface area (Å²) < 4.78 is 115. The molecule has 0 radical (unpaired) electrons. The first kappa shape index (κ1) is 24.1. The van der Waals surface area contributed by atoms with Crippen LogP contribution >= 0.6 is 0 Å². The van der Waals surface area contributed by atoms with Crippen LogP contribution < -0.4 is 4.90 Å². The van der Waals surface area contributed by atoms with Crippen LogP contribution in [0.25, 0.3) is 77.5 Å². The van der Waals surface area contributed by atoms with Gasteiger partial charge in [0.2, 0.25) is 0 Å². The average Bonchev–Trinajstić information content (AvgIpc) is 3.42. The molecule has 0 atom stereocenters. The Morgan fingerprint density at radius 3 is 1.29 bits per heavy atom. The van der Waals surface area contributed by atoms with E-state index in [1.54, 1.807) is 4.90 Å². The van der Waals surface area contributed by atoms with E-state index in [9.17, 15) is 5.48 Å². The van der Waals surface area contributed by atoms with Crippen LogP contribution in [-0.4, -0.2) is 0 Å². The minimum absolute atomic E-state index is 0.135. The Hall–Kier alpha value is -7.74. The molecular weight excluding hydrogens is 711 g/mol. The zero-order chi connectivity index (χ0) is 50.7. The van der Waals surface area contributed by atoms with E-state index in [4.69, 9.17) is 12.3 Å². The lowest BCUT2D eigenvalue weighted by Crippen LogP contribution is -2.09. The van der Waals surface area contributed by atoms with Crippen molar-refractivity contribution in [2.45, 2.75) is 0 Å². The molecule has 0 N–H and O–H groups in total. The maximum absolute atomic E-state index is 9.56. The first-order chi connectivity index (χ1) is 34.7. The highest BCUT2D eigenvalue weighted by molar-refractivity contribution is 5.97. The van der Waals surface area contributed by atoms with Gasteiger partial charge in [0.05, 0.1) is 17.8 Å². The standard InChI is InChI=1S/C58H41N/c1-3-12-42(13-4-1)44-24-26-45(27-25-44)46-28-34-54(35-29-46)59(55-36-30-47(31-37-55)51-19-9-18-50(40-51)43-14-5-2-6-15-43)56-38-32-48(33-39-56)52-20-10-21-53(41-52)58-23-11-17-49-16-7-8-22-57(49)58/h1-41H/i1D,3D,4D,12D,13D,24D,25D,26D,27D,28D,29D,34D,35D. The molecule has 0 unspecified atom stereocenters. The van der Waals surface area contributed by atoms with E-state index < -0.39 is 101 Å². The van der Waals surface area contributed by atoms with Crippen molar-refractivity contribution in [2.24, 2.45) is 0 Å². The quantitative estimate of drug-likeness (QED) is 0.141.